The van der Waals surface area contributed by atoms with Gasteiger partial charge in [0.25, 0.3) is 0 Å². The molecule has 2 atom stereocenters. The van der Waals surface area contributed by atoms with Crippen LogP contribution < -0.4 is 0 Å². The minimum absolute atomic E-state index is 0.152. The summed E-state index contributed by atoms with van der Waals surface area (Å²) < 4.78 is 0. The van der Waals surface area contributed by atoms with E-state index in [4.69, 9.17) is 5.26 Å². The molecule has 0 spiro atoms. The van der Waals surface area contributed by atoms with Crippen molar-refractivity contribution in [3.8, 4) is 6.07 Å². The van der Waals surface area contributed by atoms with Crippen molar-refractivity contribution in [2.75, 3.05) is 0 Å². The average molecular weight is 253 g/mol. The summed E-state index contributed by atoms with van der Waals surface area (Å²) in [5, 5.41) is 18.8. The van der Waals surface area contributed by atoms with Crippen LogP contribution >= 0.6 is 0 Å². The Morgan fingerprint density at radius 2 is 1.50 bits per heavy atom. The Labute approximate surface area is 113 Å². The van der Waals surface area contributed by atoms with Crippen molar-refractivity contribution in [1.82, 2.24) is 0 Å². The van der Waals surface area contributed by atoms with Gasteiger partial charge in [-0.05, 0) is 18.8 Å². The van der Waals surface area contributed by atoms with Gasteiger partial charge in [0, 0.05) is 0 Å². The summed E-state index contributed by atoms with van der Waals surface area (Å²) in [5.74, 6) is 0.665. The van der Waals surface area contributed by atoms with E-state index in [1.54, 1.807) is 0 Å². The molecule has 0 radical (unpaired) electrons. The Hall–Kier alpha value is -0.550. The lowest BCUT2D eigenvalue weighted by Crippen LogP contribution is -2.18. The molecule has 2 unspecified atom stereocenters. The highest BCUT2D eigenvalue weighted by molar-refractivity contribution is 4.87. The molecular weight excluding hydrogens is 222 g/mol. The molecule has 0 aromatic carbocycles. The standard InChI is InChI=1S/C16H31NO/c1-4-10-16(18)15(13-17)12-9-7-5-6-8-11-14(2)3/h14-16,18H,4-12H2,1-3H3. The molecular formula is C16H31NO. The maximum atomic E-state index is 9.79. The molecule has 0 aromatic rings. The molecule has 1 N–H and O–H groups in total. The number of nitrogens with zero attached hydrogens (tertiary/aromatic N) is 1. The highest BCUT2D eigenvalue weighted by Gasteiger charge is 2.16. The number of nitriles is 1. The summed E-state index contributed by atoms with van der Waals surface area (Å²) in [6, 6.07) is 2.25. The SMILES string of the molecule is CCCC(O)C(C#N)CCCCCCCC(C)C. The van der Waals surface area contributed by atoms with Crippen molar-refractivity contribution in [2.45, 2.75) is 84.7 Å². The summed E-state index contributed by atoms with van der Waals surface area (Å²) in [7, 11) is 0. The molecule has 2 heteroatoms. The van der Waals surface area contributed by atoms with Crippen LogP contribution in [0.2, 0.25) is 0 Å². The third kappa shape index (κ3) is 9.48. The van der Waals surface area contributed by atoms with Gasteiger partial charge < -0.3 is 5.11 Å². The number of unbranched alkanes of at least 4 members (excludes halogenated alkanes) is 4. The van der Waals surface area contributed by atoms with E-state index in [1.165, 1.54) is 32.1 Å². The molecule has 18 heavy (non-hydrogen) atoms. The van der Waals surface area contributed by atoms with Crippen molar-refractivity contribution in [3.05, 3.63) is 0 Å². The maximum Gasteiger partial charge on any atom is 0.0722 e. The Balaban J connectivity index is 3.49. The van der Waals surface area contributed by atoms with Gasteiger partial charge in [-0.3, -0.25) is 0 Å². The molecule has 0 aromatic heterocycles. The summed E-state index contributed by atoms with van der Waals surface area (Å²) in [5.41, 5.74) is 0. The molecule has 0 saturated heterocycles. The topological polar surface area (TPSA) is 44.0 Å². The van der Waals surface area contributed by atoms with Crippen molar-refractivity contribution in [3.63, 3.8) is 0 Å². The van der Waals surface area contributed by atoms with Gasteiger partial charge in [-0.1, -0.05) is 65.7 Å². The molecule has 0 saturated carbocycles. The zero-order valence-electron chi connectivity index (χ0n) is 12.5. The van der Waals surface area contributed by atoms with Crippen LogP contribution in [0, 0.1) is 23.2 Å². The fourth-order valence-electron chi connectivity index (χ4n) is 2.29. The number of hydrogen-bond acceptors (Lipinski definition) is 2. The van der Waals surface area contributed by atoms with Crippen LogP contribution in [-0.4, -0.2) is 11.2 Å². The number of aliphatic hydroxyl groups is 1. The van der Waals surface area contributed by atoms with E-state index in [-0.39, 0.29) is 5.92 Å². The Morgan fingerprint density at radius 1 is 0.944 bits per heavy atom. The number of aliphatic hydroxyl groups excluding tert-OH is 1. The third-order valence-corrected chi connectivity index (χ3v) is 3.51. The van der Waals surface area contributed by atoms with E-state index in [0.29, 0.717) is 0 Å². The number of rotatable bonds is 11. The van der Waals surface area contributed by atoms with Gasteiger partial charge in [-0.15, -0.1) is 0 Å². The molecule has 106 valence electrons. The first-order chi connectivity index (χ1) is 8.61. The first-order valence-corrected chi connectivity index (χ1v) is 7.69. The largest absolute Gasteiger partial charge is 0.392 e. The first kappa shape index (κ1) is 17.4. The normalized spacial score (nSPS) is 14.4. The minimum Gasteiger partial charge on any atom is -0.392 e. The molecule has 0 heterocycles. The molecule has 0 aliphatic carbocycles. The van der Waals surface area contributed by atoms with E-state index < -0.39 is 6.10 Å². The van der Waals surface area contributed by atoms with Gasteiger partial charge >= 0.3 is 0 Å². The molecule has 0 aliphatic heterocycles. The van der Waals surface area contributed by atoms with Crippen molar-refractivity contribution < 1.29 is 5.11 Å². The Morgan fingerprint density at radius 3 is 2.00 bits per heavy atom. The predicted octanol–water partition coefficient (Wildman–Crippen LogP) is 4.67. The van der Waals surface area contributed by atoms with Crippen molar-refractivity contribution in [1.29, 1.82) is 5.26 Å². The monoisotopic (exact) mass is 253 g/mol. The lowest BCUT2D eigenvalue weighted by molar-refractivity contribution is 0.117. The van der Waals surface area contributed by atoms with Gasteiger partial charge in [0.2, 0.25) is 0 Å². The van der Waals surface area contributed by atoms with E-state index in [0.717, 1.165) is 31.6 Å². The third-order valence-electron chi connectivity index (χ3n) is 3.51. The number of hydrogen-bond donors (Lipinski definition) is 1. The van der Waals surface area contributed by atoms with Crippen LogP contribution in [0.15, 0.2) is 0 Å². The summed E-state index contributed by atoms with van der Waals surface area (Å²) >= 11 is 0. The van der Waals surface area contributed by atoms with E-state index >= 15 is 0 Å². The second-order valence-corrected chi connectivity index (χ2v) is 5.83. The molecule has 0 aliphatic rings. The van der Waals surface area contributed by atoms with Crippen LogP contribution in [0.25, 0.3) is 0 Å². The molecule has 0 rings (SSSR count). The fourth-order valence-corrected chi connectivity index (χ4v) is 2.29. The first-order valence-electron chi connectivity index (χ1n) is 7.69. The highest BCUT2D eigenvalue weighted by Crippen LogP contribution is 2.18. The van der Waals surface area contributed by atoms with Crippen LogP contribution in [0.5, 0.6) is 0 Å². The van der Waals surface area contributed by atoms with E-state index in [9.17, 15) is 5.11 Å². The van der Waals surface area contributed by atoms with Crippen LogP contribution in [0.1, 0.15) is 78.6 Å². The molecule has 2 nitrogen and oxygen atoms in total. The summed E-state index contributed by atoms with van der Waals surface area (Å²) in [4.78, 5) is 0. The Bertz CT molecular complexity index is 220. The molecule has 0 amide bonds. The summed E-state index contributed by atoms with van der Waals surface area (Å²) in [6.07, 6.45) is 9.69. The van der Waals surface area contributed by atoms with Crippen LogP contribution in [-0.2, 0) is 0 Å². The minimum atomic E-state index is -0.416. The quantitative estimate of drug-likeness (QED) is 0.544. The van der Waals surface area contributed by atoms with Gasteiger partial charge in [-0.25, -0.2) is 0 Å². The lowest BCUT2D eigenvalue weighted by atomic mass is 9.93. The second-order valence-electron chi connectivity index (χ2n) is 5.83. The van der Waals surface area contributed by atoms with Crippen LogP contribution in [0.3, 0.4) is 0 Å². The van der Waals surface area contributed by atoms with Gasteiger partial charge in [0.15, 0.2) is 0 Å². The lowest BCUT2D eigenvalue weighted by Gasteiger charge is -2.15. The fraction of sp³-hybridized carbons (Fsp3) is 0.938. The van der Waals surface area contributed by atoms with Crippen LogP contribution in [0.4, 0.5) is 0 Å². The smallest absolute Gasteiger partial charge is 0.0722 e. The molecule has 0 bridgehead atoms. The van der Waals surface area contributed by atoms with Crippen molar-refractivity contribution in [2.24, 2.45) is 11.8 Å². The average Bonchev–Trinajstić information content (AvgIpc) is 2.32. The predicted molar refractivity (Wildman–Crippen MR) is 77.2 cm³/mol. The van der Waals surface area contributed by atoms with Crippen molar-refractivity contribution >= 4 is 0 Å². The van der Waals surface area contributed by atoms with Gasteiger partial charge in [0.1, 0.15) is 0 Å². The maximum absolute atomic E-state index is 9.79. The Kier molecular flexibility index (Phi) is 11.2. The summed E-state index contributed by atoms with van der Waals surface area (Å²) in [6.45, 7) is 6.59. The van der Waals surface area contributed by atoms with Gasteiger partial charge in [0.05, 0.1) is 18.1 Å². The zero-order chi connectivity index (χ0) is 13.8. The van der Waals surface area contributed by atoms with Gasteiger partial charge in [-0.2, -0.15) is 5.26 Å². The highest BCUT2D eigenvalue weighted by atomic mass is 16.3. The van der Waals surface area contributed by atoms with E-state index in [2.05, 4.69) is 19.9 Å². The molecule has 0 fully saturated rings. The van der Waals surface area contributed by atoms with E-state index in [1.807, 2.05) is 6.92 Å². The zero-order valence-corrected chi connectivity index (χ0v) is 12.5. The second kappa shape index (κ2) is 11.5.